The van der Waals surface area contributed by atoms with E-state index in [2.05, 4.69) is 16.7 Å². The molecule has 0 atom stereocenters. The van der Waals surface area contributed by atoms with E-state index in [1.54, 1.807) is 4.90 Å². The van der Waals surface area contributed by atoms with Crippen molar-refractivity contribution in [3.63, 3.8) is 0 Å². The quantitative estimate of drug-likeness (QED) is 0.380. The van der Waals surface area contributed by atoms with E-state index in [0.717, 1.165) is 55.4 Å². The number of nitrogens with zero attached hydrogens (tertiary/aromatic N) is 6. The van der Waals surface area contributed by atoms with E-state index in [1.165, 1.54) is 18.2 Å². The third-order valence-corrected chi connectivity index (χ3v) is 7.18. The lowest BCUT2D eigenvalue weighted by Gasteiger charge is -2.38. The molecule has 1 amide bonds. The zero-order chi connectivity index (χ0) is 25.2. The summed E-state index contributed by atoms with van der Waals surface area (Å²) in [6.45, 7) is 7.65. The van der Waals surface area contributed by atoms with Crippen LogP contribution in [0.3, 0.4) is 0 Å². The standard InChI is InChI=1S/C26H27ClN6O3/c1-2-30-12-14-31(15-13-30)25-21-17-32(26(34)20-9-8-19(33(35)36)16-22(20)27)11-10-23(21)28-24(29-25)18-6-4-3-5-7-18/h3-9,16H,2,10-15,17H2,1H3. The molecule has 1 fully saturated rings. The van der Waals surface area contributed by atoms with Crippen molar-refractivity contribution in [2.45, 2.75) is 19.9 Å². The Labute approximate surface area is 214 Å². The number of rotatable bonds is 5. The lowest BCUT2D eigenvalue weighted by molar-refractivity contribution is -0.384. The summed E-state index contributed by atoms with van der Waals surface area (Å²) in [7, 11) is 0. The molecule has 1 saturated heterocycles. The first-order valence-electron chi connectivity index (χ1n) is 12.1. The summed E-state index contributed by atoms with van der Waals surface area (Å²) in [4.78, 5) is 40.3. The average Bonchev–Trinajstić information content (AvgIpc) is 2.92. The van der Waals surface area contributed by atoms with E-state index in [1.807, 2.05) is 30.3 Å². The van der Waals surface area contributed by atoms with E-state index < -0.39 is 4.92 Å². The number of nitro groups is 1. The second kappa shape index (κ2) is 10.2. The molecule has 3 aromatic rings. The molecular weight excluding hydrogens is 480 g/mol. The van der Waals surface area contributed by atoms with Crippen molar-refractivity contribution in [3.8, 4) is 11.4 Å². The van der Waals surface area contributed by atoms with Gasteiger partial charge >= 0.3 is 0 Å². The highest BCUT2D eigenvalue weighted by Gasteiger charge is 2.30. The number of nitro benzene ring substituents is 1. The molecule has 3 heterocycles. The highest BCUT2D eigenvalue weighted by atomic mass is 35.5. The van der Waals surface area contributed by atoms with Crippen molar-refractivity contribution in [2.24, 2.45) is 0 Å². The van der Waals surface area contributed by atoms with Gasteiger partial charge in [0.1, 0.15) is 5.82 Å². The van der Waals surface area contributed by atoms with Crippen LogP contribution in [0.4, 0.5) is 11.5 Å². The molecule has 0 aliphatic carbocycles. The van der Waals surface area contributed by atoms with Crippen molar-refractivity contribution in [3.05, 3.63) is 80.5 Å². The van der Waals surface area contributed by atoms with Gasteiger partial charge in [-0.05, 0) is 12.6 Å². The van der Waals surface area contributed by atoms with E-state index in [-0.39, 0.29) is 22.2 Å². The number of piperazine rings is 1. The fourth-order valence-electron chi connectivity index (χ4n) is 4.79. The number of hydrogen-bond donors (Lipinski definition) is 0. The van der Waals surface area contributed by atoms with Crippen LogP contribution in [0.1, 0.15) is 28.5 Å². The van der Waals surface area contributed by atoms with E-state index in [9.17, 15) is 14.9 Å². The summed E-state index contributed by atoms with van der Waals surface area (Å²) in [5, 5.41) is 11.1. The molecule has 10 heteroatoms. The molecule has 0 radical (unpaired) electrons. The summed E-state index contributed by atoms with van der Waals surface area (Å²) in [6, 6.07) is 13.9. The molecule has 0 bridgehead atoms. The molecule has 2 aliphatic rings. The molecule has 0 unspecified atom stereocenters. The number of fused-ring (bicyclic) bond motifs is 1. The number of aromatic nitrogens is 2. The lowest BCUT2D eigenvalue weighted by atomic mass is 10.0. The Hall–Kier alpha value is -3.56. The monoisotopic (exact) mass is 506 g/mol. The van der Waals surface area contributed by atoms with Crippen LogP contribution in [0.5, 0.6) is 0 Å². The third-order valence-electron chi connectivity index (χ3n) is 6.87. The summed E-state index contributed by atoms with van der Waals surface area (Å²) >= 11 is 6.27. The SMILES string of the molecule is CCN1CCN(c2nc(-c3ccccc3)nc3c2CN(C(=O)c2ccc([N+](=O)[O-])cc2Cl)CC3)CC1. The largest absolute Gasteiger partial charge is 0.354 e. The molecule has 1 aromatic heterocycles. The minimum Gasteiger partial charge on any atom is -0.354 e. The summed E-state index contributed by atoms with van der Waals surface area (Å²) in [5.74, 6) is 1.32. The predicted octanol–water partition coefficient (Wildman–Crippen LogP) is 4.05. The van der Waals surface area contributed by atoms with Gasteiger partial charge in [0.2, 0.25) is 0 Å². The smallest absolute Gasteiger partial charge is 0.270 e. The Morgan fingerprint density at radius 1 is 1.06 bits per heavy atom. The van der Waals surface area contributed by atoms with Crippen LogP contribution in [-0.2, 0) is 13.0 Å². The van der Waals surface area contributed by atoms with Crippen molar-refractivity contribution in [1.82, 2.24) is 19.8 Å². The first-order chi connectivity index (χ1) is 17.4. The lowest BCUT2D eigenvalue weighted by Crippen LogP contribution is -2.47. The topological polar surface area (TPSA) is 95.7 Å². The van der Waals surface area contributed by atoms with Gasteiger partial charge in [-0.2, -0.15) is 0 Å². The zero-order valence-corrected chi connectivity index (χ0v) is 20.8. The molecule has 0 N–H and O–H groups in total. The Bertz CT molecular complexity index is 1290. The molecule has 0 saturated carbocycles. The predicted molar refractivity (Wildman–Crippen MR) is 138 cm³/mol. The van der Waals surface area contributed by atoms with Crippen LogP contribution in [0, 0.1) is 10.1 Å². The minimum atomic E-state index is -0.524. The van der Waals surface area contributed by atoms with E-state index >= 15 is 0 Å². The fourth-order valence-corrected chi connectivity index (χ4v) is 5.04. The van der Waals surface area contributed by atoms with Gasteiger partial charge in [-0.25, -0.2) is 9.97 Å². The molecule has 0 spiro atoms. The summed E-state index contributed by atoms with van der Waals surface area (Å²) in [6.07, 6.45) is 0.593. The number of hydrogen-bond acceptors (Lipinski definition) is 7. The molecule has 2 aliphatic heterocycles. The Kier molecular flexibility index (Phi) is 6.84. The first-order valence-corrected chi connectivity index (χ1v) is 12.5. The second-order valence-electron chi connectivity index (χ2n) is 8.98. The maximum Gasteiger partial charge on any atom is 0.270 e. The average molecular weight is 507 g/mol. The Morgan fingerprint density at radius 3 is 2.47 bits per heavy atom. The van der Waals surface area contributed by atoms with Crippen molar-refractivity contribution in [1.29, 1.82) is 0 Å². The Morgan fingerprint density at radius 2 is 1.81 bits per heavy atom. The normalized spacial score (nSPS) is 16.1. The van der Waals surface area contributed by atoms with Crippen LogP contribution in [-0.4, -0.2) is 69.9 Å². The second-order valence-corrected chi connectivity index (χ2v) is 9.39. The summed E-state index contributed by atoms with van der Waals surface area (Å²) in [5.41, 5.74) is 2.99. The molecular formula is C26H27ClN6O3. The molecule has 36 heavy (non-hydrogen) atoms. The van der Waals surface area contributed by atoms with Crippen LogP contribution >= 0.6 is 11.6 Å². The number of halogens is 1. The molecule has 2 aromatic carbocycles. The number of benzene rings is 2. The summed E-state index contributed by atoms with van der Waals surface area (Å²) < 4.78 is 0. The number of likely N-dealkylation sites (N-methyl/N-ethyl adjacent to an activating group) is 1. The van der Waals surface area contributed by atoms with Crippen LogP contribution in [0.2, 0.25) is 5.02 Å². The number of anilines is 1. The number of non-ortho nitro benzene ring substituents is 1. The maximum absolute atomic E-state index is 13.4. The molecule has 5 rings (SSSR count). The Balaban J connectivity index is 1.48. The number of carbonyl (C=O) groups excluding carboxylic acids is 1. The van der Waals surface area contributed by atoms with Crippen molar-refractivity contribution in [2.75, 3.05) is 44.2 Å². The van der Waals surface area contributed by atoms with Gasteiger partial charge in [-0.15, -0.1) is 0 Å². The van der Waals surface area contributed by atoms with Crippen LogP contribution < -0.4 is 4.90 Å². The number of amides is 1. The van der Waals surface area contributed by atoms with Crippen LogP contribution in [0.15, 0.2) is 48.5 Å². The minimum absolute atomic E-state index is 0.0755. The van der Waals surface area contributed by atoms with Gasteiger partial charge in [0.05, 0.1) is 27.7 Å². The van der Waals surface area contributed by atoms with Gasteiger partial charge in [-0.1, -0.05) is 48.9 Å². The first kappa shape index (κ1) is 24.1. The molecule has 9 nitrogen and oxygen atoms in total. The van der Waals surface area contributed by atoms with Gasteiger partial charge in [-0.3, -0.25) is 14.9 Å². The van der Waals surface area contributed by atoms with Crippen molar-refractivity contribution >= 4 is 29.0 Å². The van der Waals surface area contributed by atoms with Crippen molar-refractivity contribution < 1.29 is 9.72 Å². The maximum atomic E-state index is 13.4. The van der Waals surface area contributed by atoms with Gasteiger partial charge < -0.3 is 14.7 Å². The van der Waals surface area contributed by atoms with Crippen LogP contribution in [0.25, 0.3) is 11.4 Å². The van der Waals surface area contributed by atoms with Gasteiger partial charge in [0, 0.05) is 62.4 Å². The van der Waals surface area contributed by atoms with Gasteiger partial charge in [0.25, 0.3) is 11.6 Å². The number of carbonyl (C=O) groups is 1. The third kappa shape index (κ3) is 4.76. The van der Waals surface area contributed by atoms with E-state index in [0.29, 0.717) is 25.3 Å². The zero-order valence-electron chi connectivity index (χ0n) is 20.1. The van der Waals surface area contributed by atoms with Gasteiger partial charge in [0.15, 0.2) is 5.82 Å². The fraction of sp³-hybridized carbons (Fsp3) is 0.346. The van der Waals surface area contributed by atoms with E-state index in [4.69, 9.17) is 21.6 Å². The highest BCUT2D eigenvalue weighted by molar-refractivity contribution is 6.34. The highest BCUT2D eigenvalue weighted by Crippen LogP contribution is 2.32. The molecule has 186 valence electrons.